The van der Waals surface area contributed by atoms with Gasteiger partial charge >= 0.3 is 0 Å². The Balaban J connectivity index is 2.71. The largest absolute Gasteiger partial charge is 0.323 e. The monoisotopic (exact) mass is 161 g/mol. The van der Waals surface area contributed by atoms with Gasteiger partial charge < -0.3 is 5.32 Å². The molecule has 0 unspecified atom stereocenters. The van der Waals surface area contributed by atoms with Crippen LogP contribution in [0.4, 0.5) is 5.69 Å². The summed E-state index contributed by atoms with van der Waals surface area (Å²) in [6, 6.07) is 7.60. The normalized spacial score (nSPS) is 9.08. The minimum absolute atomic E-state index is 0.182. The molecule has 0 saturated carbocycles. The Morgan fingerprint density at radius 1 is 1.42 bits per heavy atom. The number of carbonyl (C=O) groups is 1. The van der Waals surface area contributed by atoms with Crippen LogP contribution in [0, 0.1) is 6.92 Å². The van der Waals surface area contributed by atoms with E-state index in [4.69, 9.17) is 0 Å². The van der Waals surface area contributed by atoms with Crippen LogP contribution in [-0.4, -0.2) is 5.91 Å². The number of carbonyl (C=O) groups excluding carboxylic acids is 1. The fraction of sp³-hybridized carbons (Fsp3) is 0.100. The molecule has 2 heteroatoms. The number of benzene rings is 1. The van der Waals surface area contributed by atoms with E-state index in [0.717, 1.165) is 5.69 Å². The van der Waals surface area contributed by atoms with E-state index in [1.165, 1.54) is 11.6 Å². The van der Waals surface area contributed by atoms with Gasteiger partial charge in [0, 0.05) is 5.69 Å². The Hall–Kier alpha value is -1.57. The lowest BCUT2D eigenvalue weighted by Gasteiger charge is -2.01. The van der Waals surface area contributed by atoms with E-state index in [-0.39, 0.29) is 5.91 Å². The Labute approximate surface area is 71.9 Å². The van der Waals surface area contributed by atoms with Gasteiger partial charge in [-0.3, -0.25) is 4.79 Å². The molecule has 62 valence electrons. The molecule has 0 spiro atoms. The molecule has 0 saturated heterocycles. The van der Waals surface area contributed by atoms with Crippen LogP contribution in [-0.2, 0) is 4.79 Å². The lowest BCUT2D eigenvalue weighted by Crippen LogP contribution is -2.06. The fourth-order valence-corrected chi connectivity index (χ4v) is 0.830. The molecule has 12 heavy (non-hydrogen) atoms. The third-order valence-corrected chi connectivity index (χ3v) is 1.50. The Morgan fingerprint density at radius 2 is 2.00 bits per heavy atom. The summed E-state index contributed by atoms with van der Waals surface area (Å²) in [6.45, 7) is 5.36. The summed E-state index contributed by atoms with van der Waals surface area (Å²) in [5.74, 6) is -0.182. The Kier molecular flexibility index (Phi) is 2.64. The highest BCUT2D eigenvalue weighted by Crippen LogP contribution is 2.07. The van der Waals surface area contributed by atoms with E-state index in [1.807, 2.05) is 31.2 Å². The number of hydrogen-bond acceptors (Lipinski definition) is 1. The number of rotatable bonds is 2. The summed E-state index contributed by atoms with van der Waals surface area (Å²) >= 11 is 0. The molecule has 1 aromatic rings. The molecule has 0 bridgehead atoms. The zero-order valence-electron chi connectivity index (χ0n) is 7.00. The lowest BCUT2D eigenvalue weighted by atomic mass is 10.2. The molecule has 1 aromatic carbocycles. The molecule has 0 radical (unpaired) electrons. The summed E-state index contributed by atoms with van der Waals surface area (Å²) in [4.78, 5) is 10.8. The van der Waals surface area contributed by atoms with Gasteiger partial charge in [-0.1, -0.05) is 24.3 Å². The van der Waals surface area contributed by atoms with Crippen molar-refractivity contribution in [2.75, 3.05) is 5.32 Å². The first-order chi connectivity index (χ1) is 5.72. The summed E-state index contributed by atoms with van der Waals surface area (Å²) in [6.07, 6.45) is 1.25. The van der Waals surface area contributed by atoms with Crippen molar-refractivity contribution in [1.29, 1.82) is 0 Å². The van der Waals surface area contributed by atoms with Crippen molar-refractivity contribution in [2.45, 2.75) is 6.92 Å². The quantitative estimate of drug-likeness (QED) is 0.661. The van der Waals surface area contributed by atoms with Crippen LogP contribution in [0.2, 0.25) is 0 Å². The first-order valence-electron chi connectivity index (χ1n) is 3.72. The van der Waals surface area contributed by atoms with E-state index in [1.54, 1.807) is 0 Å². The Bertz CT molecular complexity index is 287. The number of hydrogen-bond donors (Lipinski definition) is 1. The van der Waals surface area contributed by atoms with Crippen LogP contribution in [0.1, 0.15) is 5.56 Å². The van der Waals surface area contributed by atoms with Gasteiger partial charge in [0.2, 0.25) is 5.91 Å². The topological polar surface area (TPSA) is 29.1 Å². The number of nitrogens with one attached hydrogen (secondary N) is 1. The highest BCUT2D eigenvalue weighted by Gasteiger charge is 1.94. The van der Waals surface area contributed by atoms with Crippen molar-refractivity contribution in [1.82, 2.24) is 0 Å². The lowest BCUT2D eigenvalue weighted by molar-refractivity contribution is -0.111. The first kappa shape index (κ1) is 8.53. The second-order valence-electron chi connectivity index (χ2n) is 2.56. The van der Waals surface area contributed by atoms with Crippen molar-refractivity contribution in [3.63, 3.8) is 0 Å². The number of amides is 1. The molecule has 0 aromatic heterocycles. The molecule has 0 aliphatic rings. The maximum absolute atomic E-state index is 10.8. The molecule has 0 aliphatic heterocycles. The predicted octanol–water partition coefficient (Wildman–Crippen LogP) is 2.12. The third-order valence-electron chi connectivity index (χ3n) is 1.50. The van der Waals surface area contributed by atoms with Crippen molar-refractivity contribution < 1.29 is 4.79 Å². The van der Waals surface area contributed by atoms with Gasteiger partial charge in [0.05, 0.1) is 0 Å². The zero-order valence-corrected chi connectivity index (χ0v) is 7.00. The van der Waals surface area contributed by atoms with Crippen molar-refractivity contribution in [3.05, 3.63) is 42.5 Å². The number of aryl methyl sites for hydroxylation is 1. The van der Waals surface area contributed by atoms with Gasteiger partial charge in [0.1, 0.15) is 0 Å². The average molecular weight is 161 g/mol. The SMILES string of the molecule is C=CC(=O)Nc1ccc(C)cc1. The molecule has 1 rings (SSSR count). The second-order valence-corrected chi connectivity index (χ2v) is 2.56. The standard InChI is InChI=1S/C10H11NO/c1-3-10(12)11-9-6-4-8(2)5-7-9/h3-7H,1H2,2H3,(H,11,12). The minimum atomic E-state index is -0.182. The molecular weight excluding hydrogens is 150 g/mol. The first-order valence-corrected chi connectivity index (χ1v) is 3.72. The van der Waals surface area contributed by atoms with Gasteiger partial charge in [-0.15, -0.1) is 0 Å². The Morgan fingerprint density at radius 3 is 2.50 bits per heavy atom. The fourth-order valence-electron chi connectivity index (χ4n) is 0.830. The molecular formula is C10H11NO. The van der Waals surface area contributed by atoms with Gasteiger partial charge in [-0.25, -0.2) is 0 Å². The summed E-state index contributed by atoms with van der Waals surface area (Å²) in [5.41, 5.74) is 1.97. The van der Waals surface area contributed by atoms with Crippen molar-refractivity contribution in [2.24, 2.45) is 0 Å². The molecule has 0 heterocycles. The van der Waals surface area contributed by atoms with Crippen LogP contribution >= 0.6 is 0 Å². The van der Waals surface area contributed by atoms with E-state index in [2.05, 4.69) is 11.9 Å². The highest BCUT2D eigenvalue weighted by molar-refractivity contribution is 5.98. The summed E-state index contributed by atoms with van der Waals surface area (Å²) in [5, 5.41) is 2.66. The van der Waals surface area contributed by atoms with Gasteiger partial charge in [-0.05, 0) is 25.1 Å². The van der Waals surface area contributed by atoms with Crippen molar-refractivity contribution >= 4 is 11.6 Å². The molecule has 1 N–H and O–H groups in total. The van der Waals surface area contributed by atoms with Gasteiger partial charge in [-0.2, -0.15) is 0 Å². The van der Waals surface area contributed by atoms with Crippen LogP contribution < -0.4 is 5.32 Å². The summed E-state index contributed by atoms with van der Waals surface area (Å²) in [7, 11) is 0. The second kappa shape index (κ2) is 3.72. The highest BCUT2D eigenvalue weighted by atomic mass is 16.1. The average Bonchev–Trinajstić information content (AvgIpc) is 2.09. The van der Waals surface area contributed by atoms with Crippen molar-refractivity contribution in [3.8, 4) is 0 Å². The smallest absolute Gasteiger partial charge is 0.247 e. The van der Waals surface area contributed by atoms with Gasteiger partial charge in [0.15, 0.2) is 0 Å². The molecule has 1 amide bonds. The van der Waals surface area contributed by atoms with Crippen LogP contribution in [0.15, 0.2) is 36.9 Å². The maximum atomic E-state index is 10.8. The van der Waals surface area contributed by atoms with Gasteiger partial charge in [0.25, 0.3) is 0 Å². The zero-order chi connectivity index (χ0) is 8.97. The minimum Gasteiger partial charge on any atom is -0.323 e. The predicted molar refractivity (Wildman–Crippen MR) is 50.0 cm³/mol. The van der Waals surface area contributed by atoms with Crippen LogP contribution in [0.5, 0.6) is 0 Å². The van der Waals surface area contributed by atoms with E-state index in [9.17, 15) is 4.79 Å². The number of anilines is 1. The van der Waals surface area contributed by atoms with E-state index in [0.29, 0.717) is 0 Å². The molecule has 2 nitrogen and oxygen atoms in total. The molecule has 0 aliphatic carbocycles. The third kappa shape index (κ3) is 2.23. The van der Waals surface area contributed by atoms with Crippen LogP contribution in [0.25, 0.3) is 0 Å². The van der Waals surface area contributed by atoms with E-state index < -0.39 is 0 Å². The summed E-state index contributed by atoms with van der Waals surface area (Å²) < 4.78 is 0. The van der Waals surface area contributed by atoms with Crippen LogP contribution in [0.3, 0.4) is 0 Å². The van der Waals surface area contributed by atoms with E-state index >= 15 is 0 Å². The molecule has 0 fully saturated rings. The molecule has 0 atom stereocenters. The maximum Gasteiger partial charge on any atom is 0.247 e.